The van der Waals surface area contributed by atoms with E-state index in [0.717, 1.165) is 22.3 Å². The number of para-hydroxylation sites is 2. The predicted octanol–water partition coefficient (Wildman–Crippen LogP) is 5.40. The van der Waals surface area contributed by atoms with Crippen LogP contribution in [-0.4, -0.2) is 10.2 Å². The van der Waals surface area contributed by atoms with Gasteiger partial charge in [-0.15, -0.1) is 0 Å². The van der Waals surface area contributed by atoms with Gasteiger partial charge in [-0.05, 0) is 23.1 Å². The van der Waals surface area contributed by atoms with Crippen LogP contribution in [0.5, 0.6) is 11.5 Å². The number of phenolic OH excluding ortho intramolecular Hbond substituents is 2. The van der Waals surface area contributed by atoms with E-state index in [0.29, 0.717) is 5.75 Å². The molecule has 0 aliphatic heterocycles. The third-order valence-electron chi connectivity index (χ3n) is 4.41. The molecular weight excluding hydrogens is 296 g/mol. The summed E-state index contributed by atoms with van der Waals surface area (Å²) in [5.41, 5.74) is 3.56. The molecule has 0 heterocycles. The Morgan fingerprint density at radius 1 is 0.625 bits per heavy atom. The monoisotopic (exact) mass is 318 g/mol. The van der Waals surface area contributed by atoms with Gasteiger partial charge in [-0.2, -0.15) is 0 Å². The van der Waals surface area contributed by atoms with E-state index in [4.69, 9.17) is 0 Å². The molecule has 0 bridgehead atoms. The standard InChI is InChI=1S/C22H22O2/c1-15(2)17-12-8-13-19(22(17)24)21(16-9-4-3-5-10-16)18-11-6-7-14-20(18)23/h3-15,21,23-24H,1-2H3. The highest BCUT2D eigenvalue weighted by atomic mass is 16.3. The zero-order valence-corrected chi connectivity index (χ0v) is 14.0. The molecule has 0 aliphatic carbocycles. The molecule has 0 saturated heterocycles. The van der Waals surface area contributed by atoms with Crippen LogP contribution >= 0.6 is 0 Å². The Bertz CT molecular complexity index is 822. The van der Waals surface area contributed by atoms with Gasteiger partial charge in [0.15, 0.2) is 0 Å². The molecule has 0 saturated carbocycles. The van der Waals surface area contributed by atoms with Gasteiger partial charge < -0.3 is 10.2 Å². The first kappa shape index (κ1) is 16.1. The Kier molecular flexibility index (Phi) is 4.57. The molecule has 2 nitrogen and oxygen atoms in total. The summed E-state index contributed by atoms with van der Waals surface area (Å²) in [6.07, 6.45) is 0. The van der Waals surface area contributed by atoms with Gasteiger partial charge in [0.25, 0.3) is 0 Å². The van der Waals surface area contributed by atoms with E-state index >= 15 is 0 Å². The topological polar surface area (TPSA) is 40.5 Å². The summed E-state index contributed by atoms with van der Waals surface area (Å²) in [5, 5.41) is 21.3. The highest BCUT2D eigenvalue weighted by Gasteiger charge is 2.24. The molecule has 1 atom stereocenters. The quantitative estimate of drug-likeness (QED) is 0.632. The minimum absolute atomic E-state index is 0.217. The number of phenols is 2. The van der Waals surface area contributed by atoms with Gasteiger partial charge in [-0.25, -0.2) is 0 Å². The van der Waals surface area contributed by atoms with Crippen LogP contribution in [0, 0.1) is 0 Å². The van der Waals surface area contributed by atoms with Crippen molar-refractivity contribution in [2.75, 3.05) is 0 Å². The van der Waals surface area contributed by atoms with Crippen molar-refractivity contribution in [3.8, 4) is 11.5 Å². The third kappa shape index (κ3) is 3.00. The Morgan fingerprint density at radius 3 is 1.88 bits per heavy atom. The second kappa shape index (κ2) is 6.79. The van der Waals surface area contributed by atoms with Gasteiger partial charge in [0, 0.05) is 17.0 Å². The molecule has 122 valence electrons. The van der Waals surface area contributed by atoms with E-state index in [-0.39, 0.29) is 17.6 Å². The lowest BCUT2D eigenvalue weighted by molar-refractivity contribution is 0.452. The van der Waals surface area contributed by atoms with E-state index in [1.807, 2.05) is 66.7 Å². The highest BCUT2D eigenvalue weighted by Crippen LogP contribution is 2.42. The van der Waals surface area contributed by atoms with Crippen molar-refractivity contribution in [3.05, 3.63) is 95.1 Å². The minimum atomic E-state index is -0.217. The van der Waals surface area contributed by atoms with Crippen LogP contribution in [0.15, 0.2) is 72.8 Å². The average molecular weight is 318 g/mol. The van der Waals surface area contributed by atoms with Crippen molar-refractivity contribution in [2.24, 2.45) is 0 Å². The van der Waals surface area contributed by atoms with Gasteiger partial charge in [0.05, 0.1) is 0 Å². The Balaban J connectivity index is 2.24. The van der Waals surface area contributed by atoms with E-state index in [1.54, 1.807) is 6.07 Å². The summed E-state index contributed by atoms with van der Waals surface area (Å²) in [5.74, 6) is 0.558. The second-order valence-electron chi connectivity index (χ2n) is 6.34. The molecule has 2 heteroatoms. The molecule has 0 aromatic heterocycles. The lowest BCUT2D eigenvalue weighted by Crippen LogP contribution is -2.05. The van der Waals surface area contributed by atoms with E-state index in [2.05, 4.69) is 13.8 Å². The summed E-state index contributed by atoms with van der Waals surface area (Å²) in [7, 11) is 0. The molecular formula is C22H22O2. The normalized spacial score (nSPS) is 12.3. The van der Waals surface area contributed by atoms with E-state index in [9.17, 15) is 10.2 Å². The zero-order chi connectivity index (χ0) is 17.1. The lowest BCUT2D eigenvalue weighted by atomic mass is 9.82. The van der Waals surface area contributed by atoms with Crippen LogP contribution in [-0.2, 0) is 0 Å². The Morgan fingerprint density at radius 2 is 1.21 bits per heavy atom. The summed E-state index contributed by atoms with van der Waals surface area (Å²) in [6, 6.07) is 23.2. The zero-order valence-electron chi connectivity index (χ0n) is 14.0. The number of hydrogen-bond acceptors (Lipinski definition) is 2. The van der Waals surface area contributed by atoms with Gasteiger partial charge in [-0.3, -0.25) is 0 Å². The summed E-state index contributed by atoms with van der Waals surface area (Å²) in [6.45, 7) is 4.13. The van der Waals surface area contributed by atoms with Gasteiger partial charge in [-0.1, -0.05) is 80.6 Å². The number of benzene rings is 3. The molecule has 3 aromatic carbocycles. The molecule has 3 rings (SSSR count). The second-order valence-corrected chi connectivity index (χ2v) is 6.34. The number of aromatic hydroxyl groups is 2. The predicted molar refractivity (Wildman–Crippen MR) is 97.7 cm³/mol. The van der Waals surface area contributed by atoms with Crippen LogP contribution in [0.2, 0.25) is 0 Å². The van der Waals surface area contributed by atoms with Crippen LogP contribution < -0.4 is 0 Å². The summed E-state index contributed by atoms with van der Waals surface area (Å²) in [4.78, 5) is 0. The molecule has 2 N–H and O–H groups in total. The van der Waals surface area contributed by atoms with Crippen molar-refractivity contribution < 1.29 is 10.2 Å². The molecule has 0 amide bonds. The van der Waals surface area contributed by atoms with Crippen LogP contribution in [0.4, 0.5) is 0 Å². The van der Waals surface area contributed by atoms with Crippen molar-refractivity contribution in [3.63, 3.8) is 0 Å². The number of rotatable bonds is 4. The Labute approximate surface area is 143 Å². The molecule has 0 aliphatic rings. The van der Waals surface area contributed by atoms with Crippen LogP contribution in [0.25, 0.3) is 0 Å². The SMILES string of the molecule is CC(C)c1cccc(C(c2ccccc2)c2ccccc2O)c1O. The van der Waals surface area contributed by atoms with Crippen molar-refractivity contribution in [1.82, 2.24) is 0 Å². The Hall–Kier alpha value is -2.74. The largest absolute Gasteiger partial charge is 0.508 e. The molecule has 0 spiro atoms. The smallest absolute Gasteiger partial charge is 0.123 e. The maximum Gasteiger partial charge on any atom is 0.123 e. The maximum atomic E-state index is 10.9. The molecule has 3 aromatic rings. The first-order chi connectivity index (χ1) is 11.6. The average Bonchev–Trinajstić information content (AvgIpc) is 2.59. The van der Waals surface area contributed by atoms with Gasteiger partial charge in [0.1, 0.15) is 11.5 Å². The highest BCUT2D eigenvalue weighted by molar-refractivity contribution is 5.54. The first-order valence-corrected chi connectivity index (χ1v) is 8.24. The molecule has 24 heavy (non-hydrogen) atoms. The fourth-order valence-electron chi connectivity index (χ4n) is 3.18. The van der Waals surface area contributed by atoms with E-state index in [1.165, 1.54) is 0 Å². The van der Waals surface area contributed by atoms with Crippen molar-refractivity contribution in [2.45, 2.75) is 25.7 Å². The van der Waals surface area contributed by atoms with Crippen LogP contribution in [0.3, 0.4) is 0 Å². The summed E-state index contributed by atoms with van der Waals surface area (Å²) < 4.78 is 0. The van der Waals surface area contributed by atoms with E-state index < -0.39 is 0 Å². The van der Waals surface area contributed by atoms with Gasteiger partial charge >= 0.3 is 0 Å². The van der Waals surface area contributed by atoms with Crippen LogP contribution in [0.1, 0.15) is 47.9 Å². The molecule has 0 fully saturated rings. The number of hydrogen-bond donors (Lipinski definition) is 2. The molecule has 1 unspecified atom stereocenters. The van der Waals surface area contributed by atoms with Gasteiger partial charge in [0.2, 0.25) is 0 Å². The lowest BCUT2D eigenvalue weighted by Gasteiger charge is -2.22. The fraction of sp³-hybridized carbons (Fsp3) is 0.182. The first-order valence-electron chi connectivity index (χ1n) is 8.24. The minimum Gasteiger partial charge on any atom is -0.508 e. The fourth-order valence-corrected chi connectivity index (χ4v) is 3.18. The maximum absolute atomic E-state index is 10.9. The van der Waals surface area contributed by atoms with Crippen molar-refractivity contribution in [1.29, 1.82) is 0 Å². The third-order valence-corrected chi connectivity index (χ3v) is 4.41. The summed E-state index contributed by atoms with van der Waals surface area (Å²) >= 11 is 0. The molecule has 0 radical (unpaired) electrons. The van der Waals surface area contributed by atoms with Crippen molar-refractivity contribution >= 4 is 0 Å².